The molecule has 3 heteroatoms. The Labute approximate surface area is 89.4 Å². The molecule has 0 aliphatic rings. The fraction of sp³-hybridized carbons (Fsp3) is 0.417. The number of phenols is 1. The molecule has 15 heavy (non-hydrogen) atoms. The van der Waals surface area contributed by atoms with Crippen molar-refractivity contribution in [2.75, 3.05) is 0 Å². The molecule has 1 aromatic rings. The van der Waals surface area contributed by atoms with E-state index in [-0.39, 0.29) is 17.6 Å². The lowest BCUT2D eigenvalue weighted by atomic mass is 9.89. The molecule has 3 nitrogen and oxygen atoms in total. The number of hydrogen-bond donors (Lipinski definition) is 2. The number of benzene rings is 1. The zero-order chi connectivity index (χ0) is 11.4. The summed E-state index contributed by atoms with van der Waals surface area (Å²) in [6.07, 6.45) is 0.507. The molecule has 0 fully saturated rings. The molecule has 0 aliphatic carbocycles. The van der Waals surface area contributed by atoms with Crippen LogP contribution >= 0.6 is 0 Å². The molecule has 0 amide bonds. The summed E-state index contributed by atoms with van der Waals surface area (Å²) in [7, 11) is 0. The van der Waals surface area contributed by atoms with Crippen molar-refractivity contribution in [2.45, 2.75) is 20.3 Å². The maximum Gasteiger partial charge on any atom is 0.307 e. The zero-order valence-corrected chi connectivity index (χ0v) is 8.97. The largest absolute Gasteiger partial charge is 0.508 e. The summed E-state index contributed by atoms with van der Waals surface area (Å²) in [5.74, 6) is -0.820. The second kappa shape index (κ2) is 4.82. The van der Waals surface area contributed by atoms with E-state index >= 15 is 0 Å². The van der Waals surface area contributed by atoms with Crippen LogP contribution in [0.5, 0.6) is 5.75 Å². The van der Waals surface area contributed by atoms with E-state index < -0.39 is 5.97 Å². The average molecular weight is 208 g/mol. The third-order valence-electron chi connectivity index (χ3n) is 2.51. The first-order valence-electron chi connectivity index (χ1n) is 5.01. The van der Waals surface area contributed by atoms with Crippen LogP contribution in [-0.4, -0.2) is 16.2 Å². The Hall–Kier alpha value is -1.51. The second-order valence-corrected chi connectivity index (χ2v) is 4.06. The van der Waals surface area contributed by atoms with Gasteiger partial charge >= 0.3 is 5.97 Å². The van der Waals surface area contributed by atoms with Gasteiger partial charge in [-0.15, -0.1) is 0 Å². The van der Waals surface area contributed by atoms with Gasteiger partial charge in [-0.2, -0.15) is 0 Å². The van der Waals surface area contributed by atoms with Crippen LogP contribution in [0.25, 0.3) is 0 Å². The van der Waals surface area contributed by atoms with Crippen LogP contribution in [0.15, 0.2) is 24.3 Å². The monoisotopic (exact) mass is 208 g/mol. The first-order chi connectivity index (χ1) is 7.00. The van der Waals surface area contributed by atoms with E-state index in [0.29, 0.717) is 6.42 Å². The van der Waals surface area contributed by atoms with Crippen LogP contribution in [0, 0.1) is 11.8 Å². The molecule has 0 aromatic heterocycles. The third-order valence-corrected chi connectivity index (χ3v) is 2.51. The van der Waals surface area contributed by atoms with Gasteiger partial charge in [0.2, 0.25) is 0 Å². The molecule has 0 unspecified atom stereocenters. The SMILES string of the molecule is CC(C)[C@@H](Cc1ccc(O)cc1)C(=O)O. The van der Waals surface area contributed by atoms with Gasteiger partial charge in [0.15, 0.2) is 0 Å². The summed E-state index contributed by atoms with van der Waals surface area (Å²) in [5.41, 5.74) is 0.939. The summed E-state index contributed by atoms with van der Waals surface area (Å²) in [6, 6.07) is 6.67. The van der Waals surface area contributed by atoms with Gasteiger partial charge in [0.05, 0.1) is 5.92 Å². The Morgan fingerprint density at radius 1 is 1.27 bits per heavy atom. The van der Waals surface area contributed by atoms with Crippen molar-refractivity contribution >= 4 is 5.97 Å². The molecule has 1 aromatic carbocycles. The molecule has 0 aliphatic heterocycles. The van der Waals surface area contributed by atoms with Crippen molar-refractivity contribution < 1.29 is 15.0 Å². The maximum absolute atomic E-state index is 11.0. The number of rotatable bonds is 4. The lowest BCUT2D eigenvalue weighted by Gasteiger charge is -2.15. The predicted octanol–water partition coefficient (Wildman–Crippen LogP) is 2.29. The van der Waals surface area contributed by atoms with E-state index in [0.717, 1.165) is 5.56 Å². The first-order valence-corrected chi connectivity index (χ1v) is 5.01. The Morgan fingerprint density at radius 3 is 2.20 bits per heavy atom. The van der Waals surface area contributed by atoms with Crippen LogP contribution in [0.4, 0.5) is 0 Å². The average Bonchev–Trinajstić information content (AvgIpc) is 2.15. The Balaban J connectivity index is 2.74. The lowest BCUT2D eigenvalue weighted by molar-refractivity contribution is -0.143. The van der Waals surface area contributed by atoms with E-state index in [1.165, 1.54) is 0 Å². The van der Waals surface area contributed by atoms with E-state index in [4.69, 9.17) is 10.2 Å². The van der Waals surface area contributed by atoms with Crippen LogP contribution in [0.2, 0.25) is 0 Å². The van der Waals surface area contributed by atoms with Crippen LogP contribution in [-0.2, 0) is 11.2 Å². The lowest BCUT2D eigenvalue weighted by Crippen LogP contribution is -2.22. The Morgan fingerprint density at radius 2 is 1.80 bits per heavy atom. The van der Waals surface area contributed by atoms with E-state index in [1.807, 2.05) is 13.8 Å². The highest BCUT2D eigenvalue weighted by Gasteiger charge is 2.21. The highest BCUT2D eigenvalue weighted by molar-refractivity contribution is 5.70. The summed E-state index contributed by atoms with van der Waals surface area (Å²) >= 11 is 0. The van der Waals surface area contributed by atoms with Gasteiger partial charge in [0, 0.05) is 0 Å². The Bertz CT molecular complexity index is 327. The van der Waals surface area contributed by atoms with Crippen LogP contribution in [0.3, 0.4) is 0 Å². The number of phenolic OH excluding ortho intramolecular Hbond substituents is 1. The van der Waals surface area contributed by atoms with Crippen molar-refractivity contribution in [1.82, 2.24) is 0 Å². The molecule has 0 saturated carbocycles. The smallest absolute Gasteiger partial charge is 0.307 e. The van der Waals surface area contributed by atoms with Crippen LogP contribution < -0.4 is 0 Å². The highest BCUT2D eigenvalue weighted by Crippen LogP contribution is 2.19. The topological polar surface area (TPSA) is 57.5 Å². The fourth-order valence-electron chi connectivity index (χ4n) is 1.49. The minimum Gasteiger partial charge on any atom is -0.508 e. The standard InChI is InChI=1S/C12H16O3/c1-8(2)11(12(14)15)7-9-3-5-10(13)6-4-9/h3-6,8,11,13H,7H2,1-2H3,(H,14,15)/t11-/m1/s1. The Kier molecular flexibility index (Phi) is 3.72. The quantitative estimate of drug-likeness (QED) is 0.798. The van der Waals surface area contributed by atoms with Gasteiger partial charge in [0.25, 0.3) is 0 Å². The molecular formula is C12H16O3. The summed E-state index contributed by atoms with van der Waals surface area (Å²) < 4.78 is 0. The number of aromatic hydroxyl groups is 1. The van der Waals surface area contributed by atoms with E-state index in [9.17, 15) is 4.79 Å². The zero-order valence-electron chi connectivity index (χ0n) is 8.97. The van der Waals surface area contributed by atoms with Gasteiger partial charge in [-0.05, 0) is 30.0 Å². The number of hydrogen-bond acceptors (Lipinski definition) is 2. The van der Waals surface area contributed by atoms with Gasteiger partial charge in [-0.1, -0.05) is 26.0 Å². The van der Waals surface area contributed by atoms with E-state index in [1.54, 1.807) is 24.3 Å². The van der Waals surface area contributed by atoms with Crippen molar-refractivity contribution in [3.63, 3.8) is 0 Å². The van der Waals surface area contributed by atoms with Gasteiger partial charge in [-0.25, -0.2) is 0 Å². The second-order valence-electron chi connectivity index (χ2n) is 4.06. The number of aliphatic carboxylic acids is 1. The molecule has 82 valence electrons. The molecule has 0 radical (unpaired) electrons. The molecule has 0 saturated heterocycles. The molecule has 0 spiro atoms. The molecular weight excluding hydrogens is 192 g/mol. The predicted molar refractivity (Wildman–Crippen MR) is 57.8 cm³/mol. The number of carboxylic acid groups (broad SMARTS) is 1. The molecule has 0 heterocycles. The maximum atomic E-state index is 11.0. The van der Waals surface area contributed by atoms with Gasteiger partial charge < -0.3 is 10.2 Å². The fourth-order valence-corrected chi connectivity index (χ4v) is 1.49. The highest BCUT2D eigenvalue weighted by atomic mass is 16.4. The minimum absolute atomic E-state index is 0.108. The van der Waals surface area contributed by atoms with Crippen molar-refractivity contribution in [2.24, 2.45) is 11.8 Å². The number of carboxylic acids is 1. The summed E-state index contributed by atoms with van der Waals surface area (Å²) in [4.78, 5) is 11.0. The van der Waals surface area contributed by atoms with Gasteiger partial charge in [0.1, 0.15) is 5.75 Å². The minimum atomic E-state index is -0.766. The van der Waals surface area contributed by atoms with Gasteiger partial charge in [-0.3, -0.25) is 4.79 Å². The third kappa shape index (κ3) is 3.27. The number of carbonyl (C=O) groups is 1. The molecule has 2 N–H and O–H groups in total. The molecule has 1 rings (SSSR count). The molecule has 0 bridgehead atoms. The van der Waals surface area contributed by atoms with Crippen molar-refractivity contribution in [3.05, 3.63) is 29.8 Å². The summed E-state index contributed by atoms with van der Waals surface area (Å²) in [5, 5.41) is 18.1. The first kappa shape index (κ1) is 11.6. The molecule has 1 atom stereocenters. The van der Waals surface area contributed by atoms with E-state index in [2.05, 4.69) is 0 Å². The summed E-state index contributed by atoms with van der Waals surface area (Å²) in [6.45, 7) is 3.80. The van der Waals surface area contributed by atoms with Crippen molar-refractivity contribution in [3.8, 4) is 5.75 Å². The van der Waals surface area contributed by atoms with Crippen molar-refractivity contribution in [1.29, 1.82) is 0 Å². The normalized spacial score (nSPS) is 12.7. The van der Waals surface area contributed by atoms with Crippen LogP contribution in [0.1, 0.15) is 19.4 Å².